The molecule has 0 aliphatic heterocycles. The standard InChI is InChI=1S/C16H25N5OS.HI/c1-11-10-23-15(20-11)7-5-6-8-18-16(17-4)19-9-14-21-12(2)13(3)22-14;/h10H,5-9H2,1-4H3,(H2,17,18,19);1H. The molecule has 0 aromatic carbocycles. The van der Waals surface area contributed by atoms with Crippen molar-refractivity contribution in [2.75, 3.05) is 13.6 Å². The molecule has 0 spiro atoms. The fourth-order valence-electron chi connectivity index (χ4n) is 2.12. The maximum Gasteiger partial charge on any atom is 0.214 e. The highest BCUT2D eigenvalue weighted by Gasteiger charge is 2.06. The second kappa shape index (κ2) is 10.7. The average Bonchev–Trinajstić information content (AvgIpc) is 3.08. The van der Waals surface area contributed by atoms with Gasteiger partial charge in [0.1, 0.15) is 5.76 Å². The normalized spacial score (nSPS) is 11.2. The summed E-state index contributed by atoms with van der Waals surface area (Å²) < 4.78 is 5.54. The molecule has 8 heteroatoms. The fraction of sp³-hybridized carbons (Fsp3) is 0.562. The quantitative estimate of drug-likeness (QED) is 0.285. The van der Waals surface area contributed by atoms with E-state index in [2.05, 4.69) is 31.0 Å². The molecular weight excluding hydrogens is 437 g/mol. The molecule has 2 rings (SSSR count). The Morgan fingerprint density at radius 1 is 1.21 bits per heavy atom. The monoisotopic (exact) mass is 463 g/mol. The maximum atomic E-state index is 5.54. The summed E-state index contributed by atoms with van der Waals surface area (Å²) in [6.45, 7) is 7.32. The van der Waals surface area contributed by atoms with Gasteiger partial charge < -0.3 is 15.1 Å². The molecule has 0 amide bonds. The third-order valence-corrected chi connectivity index (χ3v) is 4.51. The predicted molar refractivity (Wildman–Crippen MR) is 109 cm³/mol. The van der Waals surface area contributed by atoms with E-state index in [1.165, 1.54) is 5.01 Å². The Labute approximate surface area is 164 Å². The smallest absolute Gasteiger partial charge is 0.214 e. The lowest BCUT2D eigenvalue weighted by Gasteiger charge is -2.10. The molecule has 24 heavy (non-hydrogen) atoms. The predicted octanol–water partition coefficient (Wildman–Crippen LogP) is 3.36. The van der Waals surface area contributed by atoms with Crippen LogP contribution >= 0.6 is 35.3 Å². The third-order valence-electron chi connectivity index (χ3n) is 3.48. The molecule has 2 aromatic heterocycles. The first kappa shape index (κ1) is 20.9. The lowest BCUT2D eigenvalue weighted by atomic mass is 10.2. The van der Waals surface area contributed by atoms with E-state index in [9.17, 15) is 0 Å². The molecule has 0 unspecified atom stereocenters. The number of thiazole rings is 1. The van der Waals surface area contributed by atoms with Crippen LogP contribution in [0.3, 0.4) is 0 Å². The molecular formula is C16H26IN5OS. The highest BCUT2D eigenvalue weighted by molar-refractivity contribution is 14.0. The van der Waals surface area contributed by atoms with Crippen molar-refractivity contribution in [2.24, 2.45) is 4.99 Å². The van der Waals surface area contributed by atoms with Crippen molar-refractivity contribution in [3.63, 3.8) is 0 Å². The van der Waals surface area contributed by atoms with Crippen LogP contribution in [0.2, 0.25) is 0 Å². The van der Waals surface area contributed by atoms with Gasteiger partial charge in [-0.3, -0.25) is 4.99 Å². The number of aryl methyl sites for hydroxylation is 4. The largest absolute Gasteiger partial charge is 0.444 e. The molecule has 0 aliphatic carbocycles. The number of guanidine groups is 1. The van der Waals surface area contributed by atoms with Gasteiger partial charge in [-0.1, -0.05) is 0 Å². The molecule has 0 aliphatic rings. The van der Waals surface area contributed by atoms with Gasteiger partial charge in [-0.25, -0.2) is 9.97 Å². The average molecular weight is 463 g/mol. The zero-order chi connectivity index (χ0) is 16.7. The van der Waals surface area contributed by atoms with Gasteiger partial charge in [0.25, 0.3) is 0 Å². The number of nitrogens with zero attached hydrogens (tertiary/aromatic N) is 3. The van der Waals surface area contributed by atoms with Crippen LogP contribution in [0.5, 0.6) is 0 Å². The van der Waals surface area contributed by atoms with Crippen molar-refractivity contribution >= 4 is 41.3 Å². The number of rotatable bonds is 7. The first-order valence-electron chi connectivity index (χ1n) is 7.87. The first-order chi connectivity index (χ1) is 11.1. The summed E-state index contributed by atoms with van der Waals surface area (Å²) in [5, 5.41) is 9.84. The van der Waals surface area contributed by atoms with E-state index < -0.39 is 0 Å². The van der Waals surface area contributed by atoms with E-state index >= 15 is 0 Å². The van der Waals surface area contributed by atoms with Crippen molar-refractivity contribution in [1.82, 2.24) is 20.6 Å². The lowest BCUT2D eigenvalue weighted by Crippen LogP contribution is -2.37. The Morgan fingerprint density at radius 2 is 2.00 bits per heavy atom. The van der Waals surface area contributed by atoms with Gasteiger partial charge in [0, 0.05) is 24.7 Å². The minimum Gasteiger partial charge on any atom is -0.444 e. The molecule has 0 bridgehead atoms. The van der Waals surface area contributed by atoms with Crippen molar-refractivity contribution in [1.29, 1.82) is 0 Å². The van der Waals surface area contributed by atoms with Gasteiger partial charge in [0.15, 0.2) is 5.96 Å². The Kier molecular flexibility index (Phi) is 9.27. The molecule has 2 aromatic rings. The van der Waals surface area contributed by atoms with Crippen LogP contribution in [-0.4, -0.2) is 29.5 Å². The summed E-state index contributed by atoms with van der Waals surface area (Å²) in [4.78, 5) is 13.0. The fourth-order valence-corrected chi connectivity index (χ4v) is 2.94. The summed E-state index contributed by atoms with van der Waals surface area (Å²) in [5.74, 6) is 2.31. The topological polar surface area (TPSA) is 75.3 Å². The summed E-state index contributed by atoms with van der Waals surface area (Å²) >= 11 is 1.74. The van der Waals surface area contributed by atoms with Gasteiger partial charge >= 0.3 is 0 Å². The zero-order valence-corrected chi connectivity index (χ0v) is 17.8. The van der Waals surface area contributed by atoms with E-state index in [1.807, 2.05) is 20.8 Å². The van der Waals surface area contributed by atoms with E-state index in [4.69, 9.17) is 4.42 Å². The summed E-state index contributed by atoms with van der Waals surface area (Å²) in [6, 6.07) is 0. The van der Waals surface area contributed by atoms with Crippen LogP contribution in [-0.2, 0) is 13.0 Å². The van der Waals surface area contributed by atoms with Crippen molar-refractivity contribution in [3.05, 3.63) is 33.4 Å². The molecule has 0 saturated carbocycles. The van der Waals surface area contributed by atoms with E-state index in [0.717, 1.165) is 48.9 Å². The van der Waals surface area contributed by atoms with Crippen LogP contribution in [0.1, 0.15) is 40.9 Å². The molecule has 0 saturated heterocycles. The van der Waals surface area contributed by atoms with Crippen molar-refractivity contribution in [3.8, 4) is 0 Å². The van der Waals surface area contributed by atoms with Gasteiger partial charge in [-0.05, 0) is 40.0 Å². The number of hydrogen-bond donors (Lipinski definition) is 2. The number of halogens is 1. The Morgan fingerprint density at radius 3 is 2.58 bits per heavy atom. The third kappa shape index (κ3) is 6.76. The zero-order valence-electron chi connectivity index (χ0n) is 14.7. The van der Waals surface area contributed by atoms with Gasteiger partial charge in [0.05, 0.1) is 17.2 Å². The molecule has 2 N–H and O–H groups in total. The number of oxazole rings is 1. The van der Waals surface area contributed by atoms with Crippen molar-refractivity contribution < 1.29 is 4.42 Å². The molecule has 6 nitrogen and oxygen atoms in total. The molecule has 0 fully saturated rings. The minimum absolute atomic E-state index is 0. The molecule has 2 heterocycles. The Hall–Kier alpha value is -1.16. The highest BCUT2D eigenvalue weighted by Crippen LogP contribution is 2.11. The summed E-state index contributed by atoms with van der Waals surface area (Å²) in [5.41, 5.74) is 2.05. The SMILES string of the molecule is CN=C(NCCCCc1nc(C)cs1)NCc1nc(C)c(C)o1.I. The van der Waals surface area contributed by atoms with Crippen LogP contribution in [0.4, 0.5) is 0 Å². The van der Waals surface area contributed by atoms with E-state index in [0.29, 0.717) is 12.4 Å². The van der Waals surface area contributed by atoms with Crippen molar-refractivity contribution in [2.45, 2.75) is 46.6 Å². The molecule has 0 atom stereocenters. The van der Waals surface area contributed by atoms with Gasteiger partial charge in [-0.15, -0.1) is 35.3 Å². The van der Waals surface area contributed by atoms with Crippen LogP contribution in [0.15, 0.2) is 14.8 Å². The van der Waals surface area contributed by atoms with Gasteiger partial charge in [0.2, 0.25) is 5.89 Å². The summed E-state index contributed by atoms with van der Waals surface area (Å²) in [6.07, 6.45) is 3.24. The van der Waals surface area contributed by atoms with Gasteiger partial charge in [-0.2, -0.15) is 0 Å². The number of hydrogen-bond acceptors (Lipinski definition) is 5. The second-order valence-corrected chi connectivity index (χ2v) is 6.38. The van der Waals surface area contributed by atoms with E-state index in [1.54, 1.807) is 18.4 Å². The number of nitrogens with one attached hydrogen (secondary N) is 2. The highest BCUT2D eigenvalue weighted by atomic mass is 127. The maximum absolute atomic E-state index is 5.54. The van der Waals surface area contributed by atoms with Crippen LogP contribution in [0.25, 0.3) is 0 Å². The van der Waals surface area contributed by atoms with E-state index in [-0.39, 0.29) is 24.0 Å². The minimum atomic E-state index is 0. The van der Waals surface area contributed by atoms with Crippen LogP contribution in [0, 0.1) is 20.8 Å². The molecule has 134 valence electrons. The second-order valence-electron chi connectivity index (χ2n) is 5.44. The van der Waals surface area contributed by atoms with Crippen LogP contribution < -0.4 is 10.6 Å². The Balaban J connectivity index is 0.00000288. The number of aliphatic imine (C=N–C) groups is 1. The summed E-state index contributed by atoms with van der Waals surface area (Å²) in [7, 11) is 1.76. The lowest BCUT2D eigenvalue weighted by molar-refractivity contribution is 0.463. The number of aromatic nitrogens is 2. The number of unbranched alkanes of at least 4 members (excludes halogenated alkanes) is 1. The first-order valence-corrected chi connectivity index (χ1v) is 8.75. The Bertz CT molecular complexity index is 633. The molecule has 0 radical (unpaired) electrons.